The van der Waals surface area contributed by atoms with E-state index < -0.39 is 12.2 Å². The summed E-state index contributed by atoms with van der Waals surface area (Å²) in [4.78, 5) is 0. The van der Waals surface area contributed by atoms with E-state index in [4.69, 9.17) is 18.9 Å². The summed E-state index contributed by atoms with van der Waals surface area (Å²) in [6.45, 7) is 7.15. The zero-order valence-electron chi connectivity index (χ0n) is 15.2. The molecule has 0 aromatic carbocycles. The Labute approximate surface area is 146 Å². The number of hydrogen-bond acceptors (Lipinski definition) is 6. The Hall–Kier alpha value is -1.08. The van der Waals surface area contributed by atoms with E-state index in [0.717, 1.165) is 19.3 Å². The SMILES string of the molecule is CCC=COCC(O)COCC(CC)OCC(O)COC=CCC. The lowest BCUT2D eigenvalue weighted by molar-refractivity contribution is -0.0752. The molecule has 0 radical (unpaired) electrons. The molecule has 2 N–H and O–H groups in total. The van der Waals surface area contributed by atoms with Crippen molar-refractivity contribution in [1.82, 2.24) is 0 Å². The first-order valence-corrected chi connectivity index (χ1v) is 8.72. The fourth-order valence-corrected chi connectivity index (χ4v) is 1.62. The summed E-state index contributed by atoms with van der Waals surface area (Å²) in [6.07, 6.45) is 8.00. The van der Waals surface area contributed by atoms with E-state index in [1.165, 1.54) is 0 Å². The molecule has 0 aromatic rings. The highest BCUT2D eigenvalue weighted by atomic mass is 16.5. The van der Waals surface area contributed by atoms with Crippen LogP contribution in [-0.2, 0) is 18.9 Å². The van der Waals surface area contributed by atoms with Gasteiger partial charge in [-0.1, -0.05) is 32.9 Å². The molecule has 0 saturated carbocycles. The summed E-state index contributed by atoms with van der Waals surface area (Å²) in [7, 11) is 0. The third-order valence-corrected chi connectivity index (χ3v) is 3.03. The van der Waals surface area contributed by atoms with Crippen LogP contribution in [0.5, 0.6) is 0 Å². The maximum Gasteiger partial charge on any atom is 0.115 e. The summed E-state index contributed by atoms with van der Waals surface area (Å²) in [5.41, 5.74) is 0. The molecule has 6 heteroatoms. The van der Waals surface area contributed by atoms with Gasteiger partial charge in [-0.2, -0.15) is 0 Å². The minimum atomic E-state index is -0.676. The Balaban J connectivity index is 3.74. The van der Waals surface area contributed by atoms with Crippen molar-refractivity contribution in [1.29, 1.82) is 0 Å². The first-order chi connectivity index (χ1) is 11.6. The van der Waals surface area contributed by atoms with Gasteiger partial charge >= 0.3 is 0 Å². The number of aliphatic hydroxyl groups excluding tert-OH is 2. The van der Waals surface area contributed by atoms with Crippen molar-refractivity contribution >= 4 is 0 Å². The Morgan fingerprint density at radius 2 is 1.29 bits per heavy atom. The van der Waals surface area contributed by atoms with E-state index in [1.807, 2.05) is 32.9 Å². The number of rotatable bonds is 16. The third kappa shape index (κ3) is 14.5. The van der Waals surface area contributed by atoms with Crippen LogP contribution < -0.4 is 0 Å². The molecule has 24 heavy (non-hydrogen) atoms. The lowest BCUT2D eigenvalue weighted by Gasteiger charge is -2.19. The van der Waals surface area contributed by atoms with Crippen LogP contribution >= 0.6 is 0 Å². The maximum absolute atomic E-state index is 9.76. The fourth-order valence-electron chi connectivity index (χ4n) is 1.62. The van der Waals surface area contributed by atoms with E-state index in [9.17, 15) is 10.2 Å². The predicted molar refractivity (Wildman–Crippen MR) is 93.6 cm³/mol. The van der Waals surface area contributed by atoms with Crippen LogP contribution in [0.25, 0.3) is 0 Å². The predicted octanol–water partition coefficient (Wildman–Crippen LogP) is 2.40. The maximum atomic E-state index is 9.76. The summed E-state index contributed by atoms with van der Waals surface area (Å²) in [6, 6.07) is 0. The van der Waals surface area contributed by atoms with Crippen molar-refractivity contribution in [3.05, 3.63) is 24.7 Å². The highest BCUT2D eigenvalue weighted by molar-refractivity contribution is 4.72. The quantitative estimate of drug-likeness (QED) is 0.418. The normalized spacial score (nSPS) is 15.7. The van der Waals surface area contributed by atoms with E-state index in [-0.39, 0.29) is 32.5 Å². The lowest BCUT2D eigenvalue weighted by atomic mass is 10.3. The van der Waals surface area contributed by atoms with Gasteiger partial charge in [-0.25, -0.2) is 0 Å². The van der Waals surface area contributed by atoms with Gasteiger partial charge in [0.05, 0.1) is 38.4 Å². The Bertz CT molecular complexity index is 319. The Kier molecular flexibility index (Phi) is 16.0. The average Bonchev–Trinajstić information content (AvgIpc) is 2.58. The fraction of sp³-hybridized carbons (Fsp3) is 0.778. The smallest absolute Gasteiger partial charge is 0.115 e. The van der Waals surface area contributed by atoms with Crippen LogP contribution in [0.15, 0.2) is 24.7 Å². The molecular weight excluding hydrogens is 312 g/mol. The van der Waals surface area contributed by atoms with Gasteiger partial charge in [0, 0.05) is 0 Å². The zero-order valence-corrected chi connectivity index (χ0v) is 15.2. The molecular formula is C18H34O6. The molecule has 0 aliphatic heterocycles. The summed E-state index contributed by atoms with van der Waals surface area (Å²) < 4.78 is 21.4. The van der Waals surface area contributed by atoms with E-state index >= 15 is 0 Å². The van der Waals surface area contributed by atoms with Gasteiger partial charge in [0.2, 0.25) is 0 Å². The van der Waals surface area contributed by atoms with Crippen molar-refractivity contribution in [2.45, 2.75) is 58.3 Å². The van der Waals surface area contributed by atoms with Gasteiger partial charge in [0.1, 0.15) is 25.4 Å². The molecule has 6 nitrogen and oxygen atoms in total. The minimum Gasteiger partial charge on any atom is -0.499 e. The van der Waals surface area contributed by atoms with E-state index in [0.29, 0.717) is 6.61 Å². The average molecular weight is 346 g/mol. The lowest BCUT2D eigenvalue weighted by Crippen LogP contribution is -2.29. The van der Waals surface area contributed by atoms with Crippen LogP contribution in [-0.4, -0.2) is 61.6 Å². The molecule has 142 valence electrons. The standard InChI is InChI=1S/C18H34O6/c1-4-7-9-21-11-16(19)13-23-15-18(6-3)24-14-17(20)12-22-10-8-5-2/h7-10,16-20H,4-6,11-15H2,1-3H3. The largest absolute Gasteiger partial charge is 0.499 e. The number of hydrogen-bond donors (Lipinski definition) is 2. The molecule has 0 aliphatic rings. The Morgan fingerprint density at radius 1 is 0.750 bits per heavy atom. The highest BCUT2D eigenvalue weighted by Gasteiger charge is 2.12. The van der Waals surface area contributed by atoms with Crippen LogP contribution in [0.4, 0.5) is 0 Å². The van der Waals surface area contributed by atoms with Gasteiger partial charge in [0.15, 0.2) is 0 Å². The van der Waals surface area contributed by atoms with Crippen molar-refractivity contribution in [3.8, 4) is 0 Å². The number of aliphatic hydroxyl groups is 2. The molecule has 0 aromatic heterocycles. The second kappa shape index (κ2) is 16.8. The molecule has 0 amide bonds. The van der Waals surface area contributed by atoms with Gasteiger partial charge in [-0.15, -0.1) is 0 Å². The number of ether oxygens (including phenoxy) is 4. The summed E-state index contributed by atoms with van der Waals surface area (Å²) in [5, 5.41) is 19.5. The number of allylic oxidation sites excluding steroid dienone is 2. The van der Waals surface area contributed by atoms with Crippen molar-refractivity contribution in [3.63, 3.8) is 0 Å². The summed E-state index contributed by atoms with van der Waals surface area (Å²) >= 11 is 0. The molecule has 0 bridgehead atoms. The second-order valence-corrected chi connectivity index (χ2v) is 5.44. The first kappa shape index (κ1) is 22.9. The highest BCUT2D eigenvalue weighted by Crippen LogP contribution is 2.02. The molecule has 3 atom stereocenters. The van der Waals surface area contributed by atoms with Crippen LogP contribution in [0, 0.1) is 0 Å². The van der Waals surface area contributed by atoms with Crippen molar-refractivity contribution in [2.75, 3.05) is 33.0 Å². The van der Waals surface area contributed by atoms with E-state index in [1.54, 1.807) is 12.5 Å². The van der Waals surface area contributed by atoms with Gasteiger partial charge in [-0.05, 0) is 19.3 Å². The topological polar surface area (TPSA) is 77.4 Å². The van der Waals surface area contributed by atoms with Crippen LogP contribution in [0.1, 0.15) is 40.0 Å². The monoisotopic (exact) mass is 346 g/mol. The summed E-state index contributed by atoms with van der Waals surface area (Å²) in [5.74, 6) is 0. The zero-order chi connectivity index (χ0) is 18.0. The van der Waals surface area contributed by atoms with Crippen molar-refractivity contribution < 1.29 is 29.2 Å². The molecule has 0 spiro atoms. The van der Waals surface area contributed by atoms with E-state index in [2.05, 4.69) is 0 Å². The first-order valence-electron chi connectivity index (χ1n) is 8.72. The molecule has 3 unspecified atom stereocenters. The van der Waals surface area contributed by atoms with Crippen molar-refractivity contribution in [2.24, 2.45) is 0 Å². The molecule has 0 saturated heterocycles. The second-order valence-electron chi connectivity index (χ2n) is 5.44. The van der Waals surface area contributed by atoms with Crippen LogP contribution in [0.3, 0.4) is 0 Å². The molecule has 0 fully saturated rings. The molecule has 0 rings (SSSR count). The molecule has 0 heterocycles. The molecule has 0 aliphatic carbocycles. The van der Waals surface area contributed by atoms with Gasteiger partial charge in [-0.3, -0.25) is 0 Å². The minimum absolute atomic E-state index is 0.126. The Morgan fingerprint density at radius 3 is 1.79 bits per heavy atom. The van der Waals surface area contributed by atoms with Crippen LogP contribution in [0.2, 0.25) is 0 Å². The van der Waals surface area contributed by atoms with Gasteiger partial charge in [0.25, 0.3) is 0 Å². The third-order valence-electron chi connectivity index (χ3n) is 3.03. The van der Waals surface area contributed by atoms with Gasteiger partial charge < -0.3 is 29.2 Å².